The van der Waals surface area contributed by atoms with Crippen LogP contribution in [0.5, 0.6) is 0 Å². The van der Waals surface area contributed by atoms with Crippen LogP contribution in [0.25, 0.3) is 0 Å². The minimum Gasteiger partial charge on any atom is -0.393 e. The molecule has 4 nitrogen and oxygen atoms in total. The number of carbonyl (C=O) groups excluding carboxylic acids is 1. The summed E-state index contributed by atoms with van der Waals surface area (Å²) in [6, 6.07) is 0. The van der Waals surface area contributed by atoms with Gasteiger partial charge in [-0.1, -0.05) is 19.9 Å². The lowest BCUT2D eigenvalue weighted by molar-refractivity contribution is -0.150. The minimum absolute atomic E-state index is 0.0346. The Hall–Kier alpha value is -0.870. The van der Waals surface area contributed by atoms with Crippen molar-refractivity contribution in [1.29, 1.82) is 0 Å². The summed E-state index contributed by atoms with van der Waals surface area (Å²) in [7, 11) is 1.89. The maximum Gasteiger partial charge on any atom is 0.226 e. The third-order valence-corrected chi connectivity index (χ3v) is 8.60. The summed E-state index contributed by atoms with van der Waals surface area (Å²) in [5.41, 5.74) is 1.07. The quantitative estimate of drug-likeness (QED) is 0.767. The van der Waals surface area contributed by atoms with Crippen LogP contribution >= 0.6 is 0 Å². The number of carbonyl (C=O) groups is 1. The first-order valence-corrected chi connectivity index (χ1v) is 10.0. The third-order valence-electron chi connectivity index (χ3n) is 8.60. The number of fused-ring (bicyclic) bond motifs is 5. The predicted molar refractivity (Wildman–Crippen MR) is 96.4 cm³/mol. The lowest BCUT2D eigenvalue weighted by Gasteiger charge is -2.60. The van der Waals surface area contributed by atoms with E-state index in [0.717, 1.165) is 37.8 Å². The number of nitrogens with zero attached hydrogens (tertiary/aromatic N) is 1. The maximum absolute atomic E-state index is 12.2. The molecule has 0 radical (unpaired) electrons. The molecule has 0 aromatic heterocycles. The zero-order valence-electron chi connectivity index (χ0n) is 16.0. The SMILES string of the molecule is CC(O)[C@H]1CCC2C3CC=C4N(C)C(=O)CC[C@]4(C)C3[C@@H](O)C[C@@]21C. The van der Waals surface area contributed by atoms with Gasteiger partial charge in [0.05, 0.1) is 12.2 Å². The van der Waals surface area contributed by atoms with Gasteiger partial charge in [-0.05, 0) is 68.1 Å². The maximum atomic E-state index is 12.2. The molecule has 1 heterocycles. The second kappa shape index (κ2) is 5.56. The van der Waals surface area contributed by atoms with Gasteiger partial charge in [-0.3, -0.25) is 4.79 Å². The average molecular weight is 347 g/mol. The van der Waals surface area contributed by atoms with E-state index in [-0.39, 0.29) is 34.9 Å². The fourth-order valence-corrected chi connectivity index (χ4v) is 7.55. The number of allylic oxidation sites excluding steroid dienone is 2. The Labute approximate surface area is 151 Å². The van der Waals surface area contributed by atoms with E-state index in [9.17, 15) is 15.0 Å². The summed E-state index contributed by atoms with van der Waals surface area (Å²) < 4.78 is 0. The van der Waals surface area contributed by atoms with E-state index in [1.165, 1.54) is 0 Å². The first-order valence-electron chi connectivity index (χ1n) is 10.0. The molecule has 8 atom stereocenters. The summed E-state index contributed by atoms with van der Waals surface area (Å²) in [5.74, 6) is 1.76. The number of rotatable bonds is 1. The summed E-state index contributed by atoms with van der Waals surface area (Å²) in [4.78, 5) is 14.0. The van der Waals surface area contributed by atoms with Gasteiger partial charge in [0, 0.05) is 24.6 Å². The summed E-state index contributed by atoms with van der Waals surface area (Å²) in [6.45, 7) is 6.49. The van der Waals surface area contributed by atoms with Crippen LogP contribution < -0.4 is 0 Å². The van der Waals surface area contributed by atoms with Crippen molar-refractivity contribution in [1.82, 2.24) is 4.90 Å². The van der Waals surface area contributed by atoms with Crippen LogP contribution in [0.1, 0.15) is 59.3 Å². The molecule has 140 valence electrons. The van der Waals surface area contributed by atoms with Gasteiger partial charge in [-0.2, -0.15) is 0 Å². The summed E-state index contributed by atoms with van der Waals surface area (Å²) >= 11 is 0. The predicted octanol–water partition coefficient (Wildman–Crippen LogP) is 2.94. The lowest BCUT2D eigenvalue weighted by atomic mass is 9.48. The first kappa shape index (κ1) is 17.5. The van der Waals surface area contributed by atoms with Crippen LogP contribution in [0.2, 0.25) is 0 Å². The summed E-state index contributed by atoms with van der Waals surface area (Å²) in [6.07, 6.45) is 7.04. The molecular formula is C21H33NO3. The molecule has 4 heteroatoms. The Balaban J connectivity index is 1.73. The Kier molecular flexibility index (Phi) is 3.90. The molecule has 3 fully saturated rings. The van der Waals surface area contributed by atoms with E-state index in [2.05, 4.69) is 19.9 Å². The van der Waals surface area contributed by atoms with E-state index in [4.69, 9.17) is 0 Å². The molecule has 0 spiro atoms. The van der Waals surface area contributed by atoms with Gasteiger partial charge in [-0.25, -0.2) is 0 Å². The van der Waals surface area contributed by atoms with Gasteiger partial charge in [0.2, 0.25) is 5.91 Å². The number of likely N-dealkylation sites (tertiary alicyclic amines) is 1. The Morgan fingerprint density at radius 1 is 1.32 bits per heavy atom. The van der Waals surface area contributed by atoms with Gasteiger partial charge >= 0.3 is 0 Å². The number of piperidine rings is 1. The second-order valence-corrected chi connectivity index (χ2v) is 9.69. The third kappa shape index (κ3) is 2.22. The van der Waals surface area contributed by atoms with Crippen molar-refractivity contribution in [3.8, 4) is 0 Å². The van der Waals surface area contributed by atoms with Gasteiger partial charge in [0.1, 0.15) is 0 Å². The Bertz CT molecular complexity index is 614. The molecule has 4 rings (SSSR count). The number of hydrogen-bond acceptors (Lipinski definition) is 3. The highest BCUT2D eigenvalue weighted by Gasteiger charge is 2.62. The van der Waals surface area contributed by atoms with Crippen molar-refractivity contribution in [2.24, 2.45) is 34.5 Å². The van der Waals surface area contributed by atoms with Gasteiger partial charge in [-0.15, -0.1) is 0 Å². The summed E-state index contributed by atoms with van der Waals surface area (Å²) in [5, 5.41) is 21.6. The molecule has 25 heavy (non-hydrogen) atoms. The fraction of sp³-hybridized carbons (Fsp3) is 0.857. The molecule has 2 N–H and O–H groups in total. The number of amides is 1. The van der Waals surface area contributed by atoms with Crippen LogP contribution in [0.4, 0.5) is 0 Å². The highest BCUT2D eigenvalue weighted by atomic mass is 16.3. The van der Waals surface area contributed by atoms with Crippen LogP contribution in [-0.4, -0.2) is 40.3 Å². The molecule has 3 aliphatic carbocycles. The van der Waals surface area contributed by atoms with Gasteiger partial charge < -0.3 is 15.1 Å². The first-order chi connectivity index (χ1) is 11.7. The normalized spacial score (nSPS) is 50.6. The molecular weight excluding hydrogens is 314 g/mol. The molecule has 0 aromatic carbocycles. The van der Waals surface area contributed by atoms with E-state index in [0.29, 0.717) is 24.2 Å². The van der Waals surface area contributed by atoms with Crippen LogP contribution in [0, 0.1) is 34.5 Å². The fourth-order valence-electron chi connectivity index (χ4n) is 7.55. The van der Waals surface area contributed by atoms with Crippen molar-refractivity contribution in [3.05, 3.63) is 11.8 Å². The van der Waals surface area contributed by atoms with Gasteiger partial charge in [0.15, 0.2) is 0 Å². The zero-order chi connectivity index (χ0) is 18.1. The molecule has 0 aromatic rings. The van der Waals surface area contributed by atoms with Gasteiger partial charge in [0.25, 0.3) is 0 Å². The monoisotopic (exact) mass is 347 g/mol. The molecule has 1 aliphatic heterocycles. The number of aliphatic hydroxyl groups excluding tert-OH is 2. The molecule has 2 saturated carbocycles. The molecule has 4 aliphatic rings. The van der Waals surface area contributed by atoms with Crippen LogP contribution in [0.15, 0.2) is 11.8 Å². The molecule has 1 amide bonds. The molecule has 0 bridgehead atoms. The standard InChI is InChI=1S/C21H33NO3/c1-12(23)14-6-7-15-13-5-8-17-20(2,10-9-18(25)22(17)4)19(13)16(24)11-21(14,15)3/h8,12-16,19,23-24H,5-7,9-11H2,1-4H3/t12?,13?,14-,15?,16+,19?,20+,21-/m1/s1. The van der Waals surface area contributed by atoms with E-state index in [1.54, 1.807) is 0 Å². The lowest BCUT2D eigenvalue weighted by Crippen LogP contribution is -2.58. The van der Waals surface area contributed by atoms with Crippen molar-refractivity contribution in [2.45, 2.75) is 71.5 Å². The topological polar surface area (TPSA) is 60.8 Å². The van der Waals surface area contributed by atoms with Crippen molar-refractivity contribution in [3.63, 3.8) is 0 Å². The van der Waals surface area contributed by atoms with Crippen molar-refractivity contribution < 1.29 is 15.0 Å². The van der Waals surface area contributed by atoms with Crippen molar-refractivity contribution in [2.75, 3.05) is 7.05 Å². The molecule has 4 unspecified atom stereocenters. The smallest absolute Gasteiger partial charge is 0.226 e. The van der Waals surface area contributed by atoms with E-state index < -0.39 is 0 Å². The Morgan fingerprint density at radius 2 is 2.04 bits per heavy atom. The Morgan fingerprint density at radius 3 is 2.72 bits per heavy atom. The molecule has 1 saturated heterocycles. The zero-order valence-corrected chi connectivity index (χ0v) is 16.0. The average Bonchev–Trinajstić information content (AvgIpc) is 2.88. The largest absolute Gasteiger partial charge is 0.393 e. The second-order valence-electron chi connectivity index (χ2n) is 9.69. The van der Waals surface area contributed by atoms with Crippen LogP contribution in [0.3, 0.4) is 0 Å². The number of hydrogen-bond donors (Lipinski definition) is 2. The van der Waals surface area contributed by atoms with Crippen LogP contribution in [-0.2, 0) is 4.79 Å². The highest BCUT2D eigenvalue weighted by molar-refractivity contribution is 5.79. The van der Waals surface area contributed by atoms with E-state index in [1.807, 2.05) is 18.9 Å². The minimum atomic E-state index is -0.346. The van der Waals surface area contributed by atoms with E-state index >= 15 is 0 Å². The number of aliphatic hydroxyl groups is 2. The highest BCUT2D eigenvalue weighted by Crippen LogP contribution is 2.66. The van der Waals surface area contributed by atoms with Crippen molar-refractivity contribution >= 4 is 5.91 Å².